The molecule has 0 bridgehead atoms. The minimum atomic E-state index is -1.21. The van der Waals surface area contributed by atoms with Crippen molar-refractivity contribution < 1.29 is 23.5 Å². The minimum Gasteiger partial charge on any atom is -0.462 e. The lowest BCUT2D eigenvalue weighted by molar-refractivity contribution is -0.135. The van der Waals surface area contributed by atoms with Crippen LogP contribution in [-0.2, 0) is 19.9 Å². The molecule has 3 aliphatic heterocycles. The Balaban J connectivity index is 1.47. The maximum Gasteiger partial charge on any atom is 0.338 e. The van der Waals surface area contributed by atoms with Gasteiger partial charge in [-0.05, 0) is 75.2 Å². The molecule has 2 saturated heterocycles. The minimum absolute atomic E-state index is 0.0944. The number of carbonyl (C=O) groups is 3. The van der Waals surface area contributed by atoms with Gasteiger partial charge in [-0.25, -0.2) is 9.18 Å². The molecule has 2 aromatic rings. The van der Waals surface area contributed by atoms with E-state index in [1.165, 1.54) is 12.1 Å². The maximum absolute atomic E-state index is 14.2. The highest BCUT2D eigenvalue weighted by molar-refractivity contribution is 6.10. The quantitative estimate of drug-likeness (QED) is 0.717. The maximum atomic E-state index is 14.2. The van der Waals surface area contributed by atoms with Gasteiger partial charge in [0.25, 0.3) is 0 Å². The third-order valence-corrected chi connectivity index (χ3v) is 6.81. The van der Waals surface area contributed by atoms with E-state index < -0.39 is 23.2 Å². The first-order valence-electron chi connectivity index (χ1n) is 10.9. The number of ether oxygens (including phenoxy) is 1. The summed E-state index contributed by atoms with van der Waals surface area (Å²) in [6.45, 7) is 2.70. The molecule has 3 atom stereocenters. The van der Waals surface area contributed by atoms with Gasteiger partial charge in [0.15, 0.2) is 0 Å². The van der Waals surface area contributed by atoms with Crippen LogP contribution >= 0.6 is 0 Å². The second kappa shape index (κ2) is 7.70. The standard InChI is InChI=1S/C24H24FN3O4/c1-2-32-22(30)14-5-8-16(9-6-14)26-21(29)19-13-17-4-3-11-28(17)24(19)18-12-15(25)7-10-20(18)27-23(24)31/h5-10,12,17,19H,2-4,11,13H2,1H3,(H,26,29)(H,27,31)/t17-,19-,24+/m0/s1. The van der Waals surface area contributed by atoms with Crippen LogP contribution in [0.25, 0.3) is 0 Å². The van der Waals surface area contributed by atoms with Crippen molar-refractivity contribution in [2.45, 2.75) is 37.8 Å². The summed E-state index contributed by atoms with van der Waals surface area (Å²) < 4.78 is 19.2. The van der Waals surface area contributed by atoms with Crippen LogP contribution in [-0.4, -0.2) is 41.9 Å². The molecule has 7 nitrogen and oxygen atoms in total. The molecule has 2 N–H and O–H groups in total. The number of benzene rings is 2. The van der Waals surface area contributed by atoms with Gasteiger partial charge in [0.2, 0.25) is 11.8 Å². The Morgan fingerprint density at radius 1 is 1.25 bits per heavy atom. The second-order valence-corrected chi connectivity index (χ2v) is 8.48. The molecular formula is C24H24FN3O4. The zero-order valence-corrected chi connectivity index (χ0v) is 17.7. The van der Waals surface area contributed by atoms with Crippen LogP contribution in [0.1, 0.15) is 42.1 Å². The van der Waals surface area contributed by atoms with Crippen molar-refractivity contribution in [3.8, 4) is 0 Å². The lowest BCUT2D eigenvalue weighted by Gasteiger charge is -2.36. The molecule has 2 aromatic carbocycles. The van der Waals surface area contributed by atoms with Gasteiger partial charge in [-0.1, -0.05) is 0 Å². The van der Waals surface area contributed by atoms with Crippen molar-refractivity contribution in [1.82, 2.24) is 4.90 Å². The molecule has 8 heteroatoms. The largest absolute Gasteiger partial charge is 0.462 e. The van der Waals surface area contributed by atoms with Crippen molar-refractivity contribution >= 4 is 29.2 Å². The van der Waals surface area contributed by atoms with E-state index in [0.29, 0.717) is 35.5 Å². The van der Waals surface area contributed by atoms with E-state index in [9.17, 15) is 18.8 Å². The summed E-state index contributed by atoms with van der Waals surface area (Å²) in [5.41, 5.74) is 0.781. The fourth-order valence-corrected chi connectivity index (χ4v) is 5.53. The first kappa shape index (κ1) is 20.6. The molecule has 3 heterocycles. The van der Waals surface area contributed by atoms with Crippen LogP contribution in [0.2, 0.25) is 0 Å². The van der Waals surface area contributed by atoms with E-state index >= 15 is 0 Å². The van der Waals surface area contributed by atoms with Crippen LogP contribution in [0, 0.1) is 11.7 Å². The zero-order valence-electron chi connectivity index (χ0n) is 17.7. The number of esters is 1. The van der Waals surface area contributed by atoms with E-state index in [1.807, 2.05) is 0 Å². The van der Waals surface area contributed by atoms with Gasteiger partial charge in [0.05, 0.1) is 18.1 Å². The Morgan fingerprint density at radius 2 is 2.03 bits per heavy atom. The fourth-order valence-electron chi connectivity index (χ4n) is 5.53. The van der Waals surface area contributed by atoms with Crippen LogP contribution in [0.3, 0.4) is 0 Å². The average molecular weight is 437 g/mol. The smallest absolute Gasteiger partial charge is 0.338 e. The highest BCUT2D eigenvalue weighted by Crippen LogP contribution is 2.55. The van der Waals surface area contributed by atoms with Crippen molar-refractivity contribution in [2.75, 3.05) is 23.8 Å². The molecule has 0 unspecified atom stereocenters. The molecule has 0 radical (unpaired) electrons. The Labute approximate surface area is 184 Å². The monoisotopic (exact) mass is 437 g/mol. The van der Waals surface area contributed by atoms with Crippen LogP contribution < -0.4 is 10.6 Å². The van der Waals surface area contributed by atoms with E-state index in [-0.39, 0.29) is 24.5 Å². The summed E-state index contributed by atoms with van der Waals surface area (Å²) in [6.07, 6.45) is 2.36. The van der Waals surface area contributed by atoms with Crippen LogP contribution in [0.4, 0.5) is 15.8 Å². The summed E-state index contributed by atoms with van der Waals surface area (Å²) in [6, 6.07) is 10.8. The van der Waals surface area contributed by atoms with Crippen molar-refractivity contribution in [3.63, 3.8) is 0 Å². The van der Waals surface area contributed by atoms with Gasteiger partial charge in [-0.2, -0.15) is 0 Å². The molecular weight excluding hydrogens is 413 g/mol. The molecule has 0 aromatic heterocycles. The summed E-state index contributed by atoms with van der Waals surface area (Å²) >= 11 is 0. The molecule has 1 spiro atoms. The third kappa shape index (κ3) is 3.01. The van der Waals surface area contributed by atoms with Gasteiger partial charge in [-0.15, -0.1) is 0 Å². The lowest BCUT2D eigenvalue weighted by atomic mass is 9.78. The summed E-state index contributed by atoms with van der Waals surface area (Å²) in [5, 5.41) is 5.77. The molecule has 166 valence electrons. The summed E-state index contributed by atoms with van der Waals surface area (Å²) in [5.74, 6) is -2.10. The van der Waals surface area contributed by atoms with E-state index in [4.69, 9.17) is 4.74 Å². The predicted molar refractivity (Wildman–Crippen MR) is 116 cm³/mol. The number of carbonyl (C=O) groups excluding carboxylic acids is 3. The number of amides is 2. The molecule has 3 aliphatic rings. The number of halogens is 1. The van der Waals surface area contributed by atoms with Gasteiger partial charge in [0.1, 0.15) is 11.4 Å². The first-order valence-corrected chi connectivity index (χ1v) is 10.9. The molecule has 0 saturated carbocycles. The average Bonchev–Trinajstić information content (AvgIpc) is 3.43. The fraction of sp³-hybridized carbons (Fsp3) is 0.375. The van der Waals surface area contributed by atoms with Gasteiger partial charge >= 0.3 is 5.97 Å². The SMILES string of the molecule is CCOC(=O)c1ccc(NC(=O)[C@@H]2C[C@@H]3CCCN3[C@@]23C(=O)Nc2ccc(F)cc23)cc1. The summed E-state index contributed by atoms with van der Waals surface area (Å²) in [7, 11) is 0. The molecule has 0 aliphatic carbocycles. The van der Waals surface area contributed by atoms with Crippen LogP contribution in [0.15, 0.2) is 42.5 Å². The number of fused-ring (bicyclic) bond motifs is 4. The third-order valence-electron chi connectivity index (χ3n) is 6.81. The summed E-state index contributed by atoms with van der Waals surface area (Å²) in [4.78, 5) is 40.8. The zero-order chi connectivity index (χ0) is 22.5. The lowest BCUT2D eigenvalue weighted by Crippen LogP contribution is -2.53. The Kier molecular flexibility index (Phi) is 4.97. The molecule has 32 heavy (non-hydrogen) atoms. The van der Waals surface area contributed by atoms with Gasteiger partial charge in [-0.3, -0.25) is 14.5 Å². The first-order chi connectivity index (χ1) is 15.4. The highest BCUT2D eigenvalue weighted by Gasteiger charge is 2.65. The molecule has 2 amide bonds. The number of nitrogens with one attached hydrogen (secondary N) is 2. The Bertz CT molecular complexity index is 1100. The van der Waals surface area contributed by atoms with E-state index in [2.05, 4.69) is 15.5 Å². The molecule has 2 fully saturated rings. The number of rotatable bonds is 4. The Hall–Kier alpha value is -3.26. The predicted octanol–water partition coefficient (Wildman–Crippen LogP) is 3.27. The Morgan fingerprint density at radius 3 is 2.78 bits per heavy atom. The van der Waals surface area contributed by atoms with Crippen molar-refractivity contribution in [2.24, 2.45) is 5.92 Å². The van der Waals surface area contributed by atoms with Crippen molar-refractivity contribution in [3.05, 3.63) is 59.4 Å². The van der Waals surface area contributed by atoms with Crippen molar-refractivity contribution in [1.29, 1.82) is 0 Å². The number of hydrogen-bond donors (Lipinski definition) is 2. The van der Waals surface area contributed by atoms with Gasteiger partial charge in [0, 0.05) is 23.0 Å². The second-order valence-electron chi connectivity index (χ2n) is 8.48. The normalized spacial score (nSPS) is 26.0. The number of nitrogens with zero attached hydrogens (tertiary/aromatic N) is 1. The van der Waals surface area contributed by atoms with E-state index in [0.717, 1.165) is 12.8 Å². The number of anilines is 2. The number of hydrogen-bond acceptors (Lipinski definition) is 5. The molecule has 5 rings (SSSR count). The van der Waals surface area contributed by atoms with Gasteiger partial charge < -0.3 is 15.4 Å². The highest BCUT2D eigenvalue weighted by atomic mass is 19.1. The van der Waals surface area contributed by atoms with E-state index in [1.54, 1.807) is 37.3 Å². The topological polar surface area (TPSA) is 87.7 Å². The van der Waals surface area contributed by atoms with Crippen LogP contribution in [0.5, 0.6) is 0 Å².